The first-order valence-corrected chi connectivity index (χ1v) is 5.11. The molecule has 13 heavy (non-hydrogen) atoms. The van der Waals surface area contributed by atoms with E-state index in [0.29, 0.717) is 5.92 Å². The molecule has 0 spiro atoms. The van der Waals surface area contributed by atoms with Crippen molar-refractivity contribution in [3.8, 4) is 0 Å². The Balaban J connectivity index is 1.94. The van der Waals surface area contributed by atoms with Gasteiger partial charge in [-0.2, -0.15) is 0 Å². The Hall–Kier alpha value is -0.790. The van der Waals surface area contributed by atoms with Crippen molar-refractivity contribution in [3.05, 3.63) is 12.2 Å². The molecule has 2 nitrogen and oxygen atoms in total. The molecule has 0 aromatic carbocycles. The van der Waals surface area contributed by atoms with Crippen LogP contribution in [0.4, 0.5) is 0 Å². The molecular formula is C11H16O2. The molecular weight excluding hydrogens is 164 g/mol. The van der Waals surface area contributed by atoms with Crippen LogP contribution in [0.25, 0.3) is 0 Å². The average Bonchev–Trinajstić information content (AvgIpc) is 2.47. The Kier molecular flexibility index (Phi) is 2.14. The number of carboxylic acids is 1. The van der Waals surface area contributed by atoms with Gasteiger partial charge in [-0.15, -0.1) is 0 Å². The Labute approximate surface area is 78.6 Å². The van der Waals surface area contributed by atoms with E-state index in [1.54, 1.807) is 0 Å². The van der Waals surface area contributed by atoms with Crippen LogP contribution in [0, 0.1) is 11.3 Å². The summed E-state index contributed by atoms with van der Waals surface area (Å²) in [6.45, 7) is 0. The summed E-state index contributed by atoms with van der Waals surface area (Å²) in [5.41, 5.74) is -0.337. The van der Waals surface area contributed by atoms with Crippen molar-refractivity contribution in [2.75, 3.05) is 0 Å². The molecule has 0 aromatic rings. The van der Waals surface area contributed by atoms with Crippen LogP contribution < -0.4 is 0 Å². The van der Waals surface area contributed by atoms with Crippen molar-refractivity contribution in [3.63, 3.8) is 0 Å². The zero-order valence-electron chi connectivity index (χ0n) is 7.83. The van der Waals surface area contributed by atoms with Gasteiger partial charge in [0.05, 0.1) is 5.41 Å². The van der Waals surface area contributed by atoms with E-state index in [9.17, 15) is 4.79 Å². The largest absolute Gasteiger partial charge is 0.481 e. The highest BCUT2D eigenvalue weighted by Gasteiger charge is 2.45. The third-order valence-corrected chi connectivity index (χ3v) is 3.55. The van der Waals surface area contributed by atoms with Crippen molar-refractivity contribution >= 4 is 5.97 Å². The second kappa shape index (κ2) is 3.17. The van der Waals surface area contributed by atoms with Crippen LogP contribution in [0.2, 0.25) is 0 Å². The summed E-state index contributed by atoms with van der Waals surface area (Å²) < 4.78 is 0. The van der Waals surface area contributed by atoms with E-state index in [4.69, 9.17) is 5.11 Å². The zero-order chi connectivity index (χ0) is 9.31. The maximum Gasteiger partial charge on any atom is 0.309 e. The molecule has 0 unspecified atom stereocenters. The summed E-state index contributed by atoms with van der Waals surface area (Å²) in [7, 11) is 0. The minimum absolute atomic E-state index is 0.337. The number of hydrogen-bond acceptors (Lipinski definition) is 1. The summed E-state index contributed by atoms with van der Waals surface area (Å²) >= 11 is 0. The molecule has 1 fully saturated rings. The Bertz CT molecular complexity index is 230. The summed E-state index contributed by atoms with van der Waals surface area (Å²) in [5, 5.41) is 9.12. The average molecular weight is 180 g/mol. The summed E-state index contributed by atoms with van der Waals surface area (Å²) in [5.74, 6) is 0.0436. The van der Waals surface area contributed by atoms with Gasteiger partial charge < -0.3 is 5.11 Å². The van der Waals surface area contributed by atoms with Gasteiger partial charge >= 0.3 is 5.97 Å². The monoisotopic (exact) mass is 180 g/mol. The minimum Gasteiger partial charge on any atom is -0.481 e. The van der Waals surface area contributed by atoms with Gasteiger partial charge in [0.15, 0.2) is 0 Å². The van der Waals surface area contributed by atoms with Crippen molar-refractivity contribution in [2.45, 2.75) is 38.5 Å². The van der Waals surface area contributed by atoms with E-state index < -0.39 is 5.97 Å². The van der Waals surface area contributed by atoms with E-state index in [1.807, 2.05) is 0 Å². The number of carboxylic acid groups (broad SMARTS) is 1. The van der Waals surface area contributed by atoms with E-state index >= 15 is 0 Å². The van der Waals surface area contributed by atoms with Gasteiger partial charge in [0, 0.05) is 0 Å². The standard InChI is InChI=1S/C11H16O2/c12-10(13)11(6-3-7-11)8-9-4-1-2-5-9/h1-2,9H,3-8H2,(H,12,13). The second-order valence-corrected chi connectivity index (χ2v) is 4.45. The summed E-state index contributed by atoms with van der Waals surface area (Å²) in [6.07, 6.45) is 10.3. The lowest BCUT2D eigenvalue weighted by molar-refractivity contribution is -0.156. The SMILES string of the molecule is O=C(O)C1(CC2CC=CC2)CCC1. The molecule has 2 rings (SSSR count). The van der Waals surface area contributed by atoms with Crippen LogP contribution in [-0.2, 0) is 4.79 Å². The molecule has 0 aliphatic heterocycles. The molecule has 0 bridgehead atoms. The number of rotatable bonds is 3. The molecule has 0 atom stereocenters. The van der Waals surface area contributed by atoms with Gasteiger partial charge in [0.2, 0.25) is 0 Å². The fourth-order valence-corrected chi connectivity index (χ4v) is 2.50. The molecule has 2 heteroatoms. The molecule has 0 amide bonds. The Morgan fingerprint density at radius 3 is 2.38 bits per heavy atom. The van der Waals surface area contributed by atoms with Gasteiger partial charge in [-0.25, -0.2) is 0 Å². The predicted octanol–water partition coefficient (Wildman–Crippen LogP) is 2.60. The summed E-state index contributed by atoms with van der Waals surface area (Å²) in [4.78, 5) is 11.1. The Morgan fingerprint density at radius 2 is 2.00 bits per heavy atom. The van der Waals surface area contributed by atoms with E-state index in [-0.39, 0.29) is 5.41 Å². The molecule has 0 saturated heterocycles. The molecule has 2 aliphatic carbocycles. The summed E-state index contributed by atoms with van der Waals surface area (Å²) in [6, 6.07) is 0. The predicted molar refractivity (Wildman–Crippen MR) is 50.4 cm³/mol. The smallest absolute Gasteiger partial charge is 0.309 e. The van der Waals surface area contributed by atoms with Crippen LogP contribution in [0.1, 0.15) is 38.5 Å². The number of allylic oxidation sites excluding steroid dienone is 2. The van der Waals surface area contributed by atoms with Gasteiger partial charge in [-0.05, 0) is 38.0 Å². The third-order valence-electron chi connectivity index (χ3n) is 3.55. The maximum atomic E-state index is 11.1. The normalized spacial score (nSPS) is 25.8. The first kappa shape index (κ1) is 8.79. The Morgan fingerprint density at radius 1 is 1.38 bits per heavy atom. The van der Waals surface area contributed by atoms with Crippen molar-refractivity contribution in [1.82, 2.24) is 0 Å². The lowest BCUT2D eigenvalue weighted by Crippen LogP contribution is -2.39. The first-order valence-electron chi connectivity index (χ1n) is 5.11. The molecule has 0 aromatic heterocycles. The zero-order valence-corrected chi connectivity index (χ0v) is 7.83. The third kappa shape index (κ3) is 1.50. The highest BCUT2D eigenvalue weighted by molar-refractivity contribution is 5.75. The van der Waals surface area contributed by atoms with Crippen molar-refractivity contribution in [2.24, 2.45) is 11.3 Å². The highest BCUT2D eigenvalue weighted by Crippen LogP contribution is 2.47. The lowest BCUT2D eigenvalue weighted by Gasteiger charge is -2.39. The molecule has 2 aliphatic rings. The first-order chi connectivity index (χ1) is 6.23. The van der Waals surface area contributed by atoms with E-state index in [0.717, 1.165) is 38.5 Å². The number of carbonyl (C=O) groups is 1. The van der Waals surface area contributed by atoms with Gasteiger partial charge in [0.1, 0.15) is 0 Å². The fourth-order valence-electron chi connectivity index (χ4n) is 2.50. The highest BCUT2D eigenvalue weighted by atomic mass is 16.4. The van der Waals surface area contributed by atoms with Crippen molar-refractivity contribution in [1.29, 1.82) is 0 Å². The number of aliphatic carboxylic acids is 1. The molecule has 72 valence electrons. The maximum absolute atomic E-state index is 11.1. The van der Waals surface area contributed by atoms with Gasteiger partial charge in [-0.3, -0.25) is 4.79 Å². The van der Waals surface area contributed by atoms with Gasteiger partial charge in [0.25, 0.3) is 0 Å². The molecule has 0 heterocycles. The van der Waals surface area contributed by atoms with Crippen LogP contribution in [0.3, 0.4) is 0 Å². The topological polar surface area (TPSA) is 37.3 Å². The number of hydrogen-bond donors (Lipinski definition) is 1. The van der Waals surface area contributed by atoms with Crippen LogP contribution in [-0.4, -0.2) is 11.1 Å². The van der Waals surface area contributed by atoms with Crippen LogP contribution >= 0.6 is 0 Å². The van der Waals surface area contributed by atoms with Crippen LogP contribution in [0.5, 0.6) is 0 Å². The van der Waals surface area contributed by atoms with E-state index in [2.05, 4.69) is 12.2 Å². The molecule has 1 saturated carbocycles. The fraction of sp³-hybridized carbons (Fsp3) is 0.727. The molecule has 1 N–H and O–H groups in total. The van der Waals surface area contributed by atoms with Crippen molar-refractivity contribution < 1.29 is 9.90 Å². The van der Waals surface area contributed by atoms with E-state index in [1.165, 1.54) is 0 Å². The quantitative estimate of drug-likeness (QED) is 0.678. The lowest BCUT2D eigenvalue weighted by atomic mass is 9.64. The minimum atomic E-state index is -0.564. The molecule has 0 radical (unpaired) electrons. The van der Waals surface area contributed by atoms with Gasteiger partial charge in [-0.1, -0.05) is 18.6 Å². The van der Waals surface area contributed by atoms with Crippen LogP contribution in [0.15, 0.2) is 12.2 Å². The second-order valence-electron chi connectivity index (χ2n) is 4.45.